The van der Waals surface area contributed by atoms with Gasteiger partial charge in [0.05, 0.1) is 5.01 Å². The maximum atomic E-state index is 12.8. The summed E-state index contributed by atoms with van der Waals surface area (Å²) in [5, 5.41) is 3.10. The molecule has 18 heavy (non-hydrogen) atoms. The van der Waals surface area contributed by atoms with Crippen LogP contribution in [0.1, 0.15) is 16.3 Å². The molecule has 2 aromatic rings. The number of thiazole rings is 1. The van der Waals surface area contributed by atoms with E-state index in [0.29, 0.717) is 0 Å². The number of hydrogen-bond donors (Lipinski definition) is 2. The first kappa shape index (κ1) is 13.1. The van der Waals surface area contributed by atoms with Crippen LogP contribution in [-0.4, -0.2) is 11.0 Å². The Morgan fingerprint density at radius 3 is 2.61 bits per heavy atom. The van der Waals surface area contributed by atoms with Gasteiger partial charge in [-0.2, -0.15) is 0 Å². The molecule has 1 aromatic carbocycles. The van der Waals surface area contributed by atoms with Crippen LogP contribution in [0, 0.1) is 12.7 Å². The van der Waals surface area contributed by atoms with Crippen LogP contribution in [0.25, 0.3) is 0 Å². The van der Waals surface area contributed by atoms with E-state index in [1.807, 2.05) is 12.3 Å². The Morgan fingerprint density at radius 1 is 1.33 bits per heavy atom. The minimum Gasteiger partial charge on any atom is -0.271 e. The number of halogens is 1. The third-order valence-corrected chi connectivity index (χ3v) is 3.71. The normalized spacial score (nSPS) is 12.6. The van der Waals surface area contributed by atoms with E-state index in [0.717, 1.165) is 29.1 Å². The largest absolute Gasteiger partial charge is 0.271 e. The number of rotatable bonds is 5. The molecule has 96 valence electrons. The van der Waals surface area contributed by atoms with Crippen LogP contribution in [0.4, 0.5) is 4.39 Å². The van der Waals surface area contributed by atoms with Crippen molar-refractivity contribution in [3.05, 3.63) is 51.7 Å². The van der Waals surface area contributed by atoms with Gasteiger partial charge in [-0.1, -0.05) is 12.1 Å². The highest BCUT2D eigenvalue weighted by Gasteiger charge is 2.11. The number of nitrogens with zero attached hydrogens (tertiary/aromatic N) is 1. The fourth-order valence-corrected chi connectivity index (χ4v) is 2.66. The molecule has 0 aliphatic carbocycles. The molecule has 3 nitrogen and oxygen atoms in total. The quantitative estimate of drug-likeness (QED) is 0.644. The van der Waals surface area contributed by atoms with Crippen LogP contribution in [0.5, 0.6) is 0 Å². The fraction of sp³-hybridized carbons (Fsp3) is 0.308. The number of nitrogens with one attached hydrogen (secondary N) is 1. The van der Waals surface area contributed by atoms with Gasteiger partial charge in [0.25, 0.3) is 0 Å². The van der Waals surface area contributed by atoms with E-state index in [-0.39, 0.29) is 11.9 Å². The van der Waals surface area contributed by atoms with Crippen molar-refractivity contribution in [2.24, 2.45) is 5.84 Å². The molecule has 5 heteroatoms. The zero-order chi connectivity index (χ0) is 13.0. The number of aromatic nitrogens is 1. The van der Waals surface area contributed by atoms with Gasteiger partial charge >= 0.3 is 0 Å². The lowest BCUT2D eigenvalue weighted by Gasteiger charge is -2.14. The van der Waals surface area contributed by atoms with E-state index < -0.39 is 0 Å². The zero-order valence-corrected chi connectivity index (χ0v) is 11.0. The van der Waals surface area contributed by atoms with Gasteiger partial charge in [-0.15, -0.1) is 11.3 Å². The molecule has 0 saturated heterocycles. The highest BCUT2D eigenvalue weighted by molar-refractivity contribution is 7.09. The molecule has 0 saturated carbocycles. The standard InChI is InChI=1S/C13H16FN3S/c1-9-8-18-13(16-9)7-12(17-15)6-10-2-4-11(14)5-3-10/h2-5,8,12,17H,6-7,15H2,1H3. The number of benzene rings is 1. The summed E-state index contributed by atoms with van der Waals surface area (Å²) in [5.41, 5.74) is 4.89. The second kappa shape index (κ2) is 6.04. The van der Waals surface area contributed by atoms with Crippen molar-refractivity contribution < 1.29 is 4.39 Å². The molecule has 3 N–H and O–H groups in total. The number of hydrazine groups is 1. The first-order valence-electron chi connectivity index (χ1n) is 5.79. The number of hydrogen-bond acceptors (Lipinski definition) is 4. The Morgan fingerprint density at radius 2 is 2.06 bits per heavy atom. The third-order valence-electron chi connectivity index (χ3n) is 2.72. The van der Waals surface area contributed by atoms with Gasteiger partial charge in [-0.3, -0.25) is 11.3 Å². The second-order valence-corrected chi connectivity index (χ2v) is 5.22. The summed E-state index contributed by atoms with van der Waals surface area (Å²) in [6.07, 6.45) is 1.54. The van der Waals surface area contributed by atoms with Crippen molar-refractivity contribution in [2.75, 3.05) is 0 Å². The lowest BCUT2D eigenvalue weighted by Crippen LogP contribution is -2.38. The summed E-state index contributed by atoms with van der Waals surface area (Å²) in [7, 11) is 0. The molecule has 1 heterocycles. The maximum absolute atomic E-state index is 12.8. The van der Waals surface area contributed by atoms with Crippen LogP contribution in [0.2, 0.25) is 0 Å². The van der Waals surface area contributed by atoms with Gasteiger partial charge in [0, 0.05) is 23.5 Å². The molecule has 0 amide bonds. The lowest BCUT2D eigenvalue weighted by molar-refractivity contribution is 0.520. The van der Waals surface area contributed by atoms with Crippen LogP contribution in [-0.2, 0) is 12.8 Å². The van der Waals surface area contributed by atoms with Gasteiger partial charge in [-0.05, 0) is 31.0 Å². The van der Waals surface area contributed by atoms with Gasteiger partial charge in [0.2, 0.25) is 0 Å². The fourth-order valence-electron chi connectivity index (χ4n) is 1.80. The van der Waals surface area contributed by atoms with Gasteiger partial charge in [-0.25, -0.2) is 9.37 Å². The van der Waals surface area contributed by atoms with Crippen molar-refractivity contribution in [1.29, 1.82) is 0 Å². The number of aryl methyl sites for hydroxylation is 1. The van der Waals surface area contributed by atoms with Crippen molar-refractivity contribution >= 4 is 11.3 Å². The minimum atomic E-state index is -0.216. The predicted octanol–water partition coefficient (Wildman–Crippen LogP) is 2.21. The second-order valence-electron chi connectivity index (χ2n) is 4.28. The van der Waals surface area contributed by atoms with Gasteiger partial charge < -0.3 is 0 Å². The summed E-state index contributed by atoms with van der Waals surface area (Å²) < 4.78 is 12.8. The molecular formula is C13H16FN3S. The topological polar surface area (TPSA) is 50.9 Å². The Hall–Kier alpha value is -1.30. The molecule has 0 aliphatic heterocycles. The van der Waals surface area contributed by atoms with E-state index in [4.69, 9.17) is 5.84 Å². The Kier molecular flexibility index (Phi) is 4.41. The van der Waals surface area contributed by atoms with E-state index in [1.54, 1.807) is 23.5 Å². The van der Waals surface area contributed by atoms with Crippen LogP contribution in [0.3, 0.4) is 0 Å². The van der Waals surface area contributed by atoms with Gasteiger partial charge in [0.15, 0.2) is 0 Å². The smallest absolute Gasteiger partial charge is 0.123 e. The monoisotopic (exact) mass is 265 g/mol. The van der Waals surface area contributed by atoms with Crippen molar-refractivity contribution in [2.45, 2.75) is 25.8 Å². The average Bonchev–Trinajstić information content (AvgIpc) is 2.77. The third kappa shape index (κ3) is 3.60. The Bertz CT molecular complexity index is 495. The molecule has 0 radical (unpaired) electrons. The van der Waals surface area contributed by atoms with E-state index in [2.05, 4.69) is 10.4 Å². The van der Waals surface area contributed by atoms with Gasteiger partial charge in [0.1, 0.15) is 5.82 Å². The summed E-state index contributed by atoms with van der Waals surface area (Å²) >= 11 is 1.64. The molecular weight excluding hydrogens is 249 g/mol. The van der Waals surface area contributed by atoms with E-state index >= 15 is 0 Å². The molecule has 2 rings (SSSR count). The first-order valence-corrected chi connectivity index (χ1v) is 6.67. The Labute approximate surface area is 110 Å². The van der Waals surface area contributed by atoms with Crippen molar-refractivity contribution in [3.8, 4) is 0 Å². The molecule has 1 atom stereocenters. The minimum absolute atomic E-state index is 0.112. The lowest BCUT2D eigenvalue weighted by atomic mass is 10.0. The average molecular weight is 265 g/mol. The van der Waals surface area contributed by atoms with E-state index in [1.165, 1.54) is 12.1 Å². The highest BCUT2D eigenvalue weighted by Crippen LogP contribution is 2.13. The summed E-state index contributed by atoms with van der Waals surface area (Å²) in [6, 6.07) is 6.62. The first-order chi connectivity index (χ1) is 8.67. The summed E-state index contributed by atoms with van der Waals surface area (Å²) in [6.45, 7) is 1.98. The van der Waals surface area contributed by atoms with Crippen LogP contribution >= 0.6 is 11.3 Å². The summed E-state index contributed by atoms with van der Waals surface area (Å²) in [5.74, 6) is 5.34. The molecule has 0 fully saturated rings. The van der Waals surface area contributed by atoms with E-state index in [9.17, 15) is 4.39 Å². The molecule has 1 unspecified atom stereocenters. The summed E-state index contributed by atoms with van der Waals surface area (Å²) in [4.78, 5) is 4.42. The maximum Gasteiger partial charge on any atom is 0.123 e. The van der Waals surface area contributed by atoms with Crippen LogP contribution < -0.4 is 11.3 Å². The number of nitrogens with two attached hydrogens (primary N) is 1. The zero-order valence-electron chi connectivity index (χ0n) is 10.2. The highest BCUT2D eigenvalue weighted by atomic mass is 32.1. The van der Waals surface area contributed by atoms with Crippen molar-refractivity contribution in [1.82, 2.24) is 10.4 Å². The Balaban J connectivity index is 1.99. The SMILES string of the molecule is Cc1csc(CC(Cc2ccc(F)cc2)NN)n1. The molecule has 0 bridgehead atoms. The predicted molar refractivity (Wildman–Crippen MR) is 71.8 cm³/mol. The molecule has 0 spiro atoms. The molecule has 1 aromatic heterocycles. The van der Waals surface area contributed by atoms with Crippen molar-refractivity contribution in [3.63, 3.8) is 0 Å². The molecule has 0 aliphatic rings. The van der Waals surface area contributed by atoms with Crippen LogP contribution in [0.15, 0.2) is 29.6 Å².